The van der Waals surface area contributed by atoms with Crippen molar-refractivity contribution < 1.29 is 95.5 Å². The summed E-state index contributed by atoms with van der Waals surface area (Å²) in [5, 5.41) is 44.0. The number of carbonyl (C=O) groups excluding carboxylic acids is 6. The number of carboxylic acid groups (broad SMARTS) is 4. The van der Waals surface area contributed by atoms with Crippen LogP contribution in [-0.4, -0.2) is 140 Å². The molecule has 0 fully saturated rings. The van der Waals surface area contributed by atoms with Gasteiger partial charge in [-0.25, -0.2) is 9.97 Å². The number of fused-ring (bicyclic) bond motifs is 1. The molecule has 2 aromatic heterocycles. The summed E-state index contributed by atoms with van der Waals surface area (Å²) in [6, 6.07) is 2.74. The topological polar surface area (TPSA) is 447 Å². The third-order valence-corrected chi connectivity index (χ3v) is 14.8. The summed E-state index contributed by atoms with van der Waals surface area (Å²) in [5.41, 5.74) is 17.4. The van der Waals surface area contributed by atoms with Crippen molar-refractivity contribution in [1.82, 2.24) is 30.6 Å². The van der Waals surface area contributed by atoms with E-state index in [-0.39, 0.29) is 60.4 Å². The number of aromatic amines is 1. The van der Waals surface area contributed by atoms with Crippen LogP contribution in [-0.2, 0) is 55.9 Å². The fraction of sp³-hybridized carbons (Fsp3) is 0.489. The third-order valence-electron chi connectivity index (χ3n) is 11.1. The van der Waals surface area contributed by atoms with Gasteiger partial charge in [0.2, 0.25) is 17.8 Å². The SMILES string of the molecule is [2H][I-]C(=O)OCCSSC(C)(C)C(CC(=O)C(CC(=O)O)NC(=O)C(CCCN=C(N)N)CC(=O)C(CC(=O)O)NC(=O)CCC(CC(=O)c1ccc(CCc2cnc3nc(N)[nH]c(=O)c3n2)cc1)C(=O)O)C(=O)O. The first kappa shape index (κ1) is 59.8. The number of nitrogens with two attached hydrogens (primary N) is 3. The van der Waals surface area contributed by atoms with E-state index in [1.165, 1.54) is 32.2 Å². The molecular weight excluding hydrogens is 1130 g/mol. The van der Waals surface area contributed by atoms with Crippen LogP contribution in [0.25, 0.3) is 11.2 Å². The van der Waals surface area contributed by atoms with Gasteiger partial charge in [0.25, 0.3) is 5.56 Å². The van der Waals surface area contributed by atoms with E-state index in [0.29, 0.717) is 18.5 Å². The minimum absolute atomic E-state index is 0.0195. The summed E-state index contributed by atoms with van der Waals surface area (Å²) in [7, 11) is 2.20. The molecule has 26 nitrogen and oxygen atoms in total. The first-order valence-corrected chi connectivity index (χ1v) is 26.0. The maximum atomic E-state index is 13.9. The average molecular weight is 1190 g/mol. The number of aromatic nitrogens is 4. The van der Waals surface area contributed by atoms with E-state index in [4.69, 9.17) is 22.5 Å². The van der Waals surface area contributed by atoms with Crippen LogP contribution in [0.5, 0.6) is 0 Å². The summed E-state index contributed by atoms with van der Waals surface area (Å²) in [6.45, 7) is 2.95. The Morgan fingerprint density at radius 3 is 2.11 bits per heavy atom. The second kappa shape index (κ2) is 29.8. The van der Waals surface area contributed by atoms with Crippen molar-refractivity contribution in [2.45, 2.75) is 101 Å². The number of benzene rings is 1. The molecule has 0 saturated carbocycles. The minimum atomic E-state index is -1.80. The van der Waals surface area contributed by atoms with Crippen LogP contribution >= 0.6 is 21.6 Å². The number of anilines is 1. The number of H-pyrrole nitrogens is 1. The number of aliphatic imine (C=N–C) groups is 1. The second-order valence-corrected chi connectivity index (χ2v) is 21.2. The van der Waals surface area contributed by atoms with Gasteiger partial charge in [0.15, 0.2) is 28.7 Å². The number of nitrogens with zero attached hydrogens (tertiary/aromatic N) is 4. The molecule has 0 aliphatic rings. The molecule has 404 valence electrons. The predicted molar refractivity (Wildman–Crippen MR) is 265 cm³/mol. The van der Waals surface area contributed by atoms with Crippen molar-refractivity contribution in [3.8, 4) is 0 Å². The van der Waals surface area contributed by atoms with Crippen molar-refractivity contribution in [1.29, 1.82) is 0.594 Å². The fourth-order valence-electron chi connectivity index (χ4n) is 7.22. The van der Waals surface area contributed by atoms with Gasteiger partial charge < -0.3 is 37.8 Å². The molecular formula is C45H58IN10O16S2-. The number of hydrogen-bond acceptors (Lipinski definition) is 19. The molecule has 0 bridgehead atoms. The number of carbonyl (C=O) groups is 10. The van der Waals surface area contributed by atoms with E-state index >= 15 is 0 Å². The fourth-order valence-corrected chi connectivity index (χ4v) is 9.99. The first-order valence-electron chi connectivity index (χ1n) is 23.0. The van der Waals surface area contributed by atoms with Crippen LogP contribution in [0.15, 0.2) is 40.2 Å². The van der Waals surface area contributed by atoms with Crippen LogP contribution in [0.3, 0.4) is 0 Å². The van der Waals surface area contributed by atoms with Gasteiger partial charge in [0.1, 0.15) is 0 Å². The van der Waals surface area contributed by atoms with Gasteiger partial charge in [0, 0.05) is 37.3 Å². The molecule has 2 amide bonds. The van der Waals surface area contributed by atoms with Crippen LogP contribution in [0, 0.1) is 17.8 Å². The summed E-state index contributed by atoms with van der Waals surface area (Å²) < 4.78 is 10.2. The molecule has 5 atom stereocenters. The number of guanidine groups is 1. The average Bonchev–Trinajstić information content (AvgIpc) is 3.33. The summed E-state index contributed by atoms with van der Waals surface area (Å²) in [5.74, 6) is -14.8. The van der Waals surface area contributed by atoms with Gasteiger partial charge in [-0.2, -0.15) is 4.98 Å². The molecule has 0 aliphatic carbocycles. The number of ketones is 3. The number of rotatable bonds is 35. The molecule has 0 spiro atoms. The summed E-state index contributed by atoms with van der Waals surface area (Å²) >= 11 is -1.51. The van der Waals surface area contributed by atoms with E-state index < -0.39 is 164 Å². The number of ether oxygens (including phenoxy) is 1. The Hall–Kier alpha value is -6.76. The van der Waals surface area contributed by atoms with E-state index in [1.807, 2.05) is 0 Å². The molecule has 2 heterocycles. The molecule has 0 radical (unpaired) electrons. The number of amides is 2. The van der Waals surface area contributed by atoms with Gasteiger partial charge in [-0.1, -0.05) is 24.3 Å². The van der Waals surface area contributed by atoms with Crippen molar-refractivity contribution in [2.75, 3.05) is 24.6 Å². The predicted octanol–water partition coefficient (Wildman–Crippen LogP) is -2.08. The van der Waals surface area contributed by atoms with E-state index in [2.05, 4.69) is 35.6 Å². The molecule has 29 heteroatoms. The Morgan fingerprint density at radius 1 is 0.851 bits per heavy atom. The molecule has 0 saturated heterocycles. The van der Waals surface area contributed by atoms with Crippen LogP contribution in [0.1, 0.15) is 93.3 Å². The Labute approximate surface area is 444 Å². The van der Waals surface area contributed by atoms with Gasteiger partial charge in [-0.05, 0) is 37.7 Å². The van der Waals surface area contributed by atoms with Crippen molar-refractivity contribution in [3.05, 3.63) is 57.6 Å². The van der Waals surface area contributed by atoms with Gasteiger partial charge in [-0.15, -0.1) is 0 Å². The summed E-state index contributed by atoms with van der Waals surface area (Å²) in [6.07, 6.45) is -2.89. The zero-order valence-electron chi connectivity index (χ0n) is 41.1. The number of Topliss-reactive ketones (excluding diaryl/α,β-unsaturated/α-hetero) is 3. The summed E-state index contributed by atoms with van der Waals surface area (Å²) in [4.78, 5) is 158. The number of carboxylic acids is 4. The second-order valence-electron chi connectivity index (χ2n) is 17.2. The molecule has 0 aliphatic heterocycles. The third kappa shape index (κ3) is 21.4. The van der Waals surface area contributed by atoms with Crippen LogP contribution in [0.2, 0.25) is 0 Å². The van der Waals surface area contributed by atoms with Crippen molar-refractivity contribution in [3.63, 3.8) is 0 Å². The number of hydrogen-bond donors (Lipinski definition) is 10. The Balaban J connectivity index is 1.69. The zero-order chi connectivity index (χ0) is 56.0. The molecule has 5 unspecified atom stereocenters. The van der Waals surface area contributed by atoms with Crippen molar-refractivity contribution >= 4 is 102 Å². The van der Waals surface area contributed by atoms with E-state index in [9.17, 15) is 73.2 Å². The van der Waals surface area contributed by atoms with Gasteiger partial charge >= 0.3 is 164 Å². The van der Waals surface area contributed by atoms with Gasteiger partial charge in [0.05, 0.1) is 30.3 Å². The molecule has 1 aromatic carbocycles. The zero-order valence-corrected chi connectivity index (χ0v) is 43.9. The standard InChI is InChI=1S/C45H58IN10O16S2/c1-45(2,74-73-15-14-72-42(46)71)27(41(69)70)18-32(59)29(20-35(63)64)54-38(65)24(4-3-13-50-43(47)48)16-31(58)28(19-34(61)62)53-33(60)12-10-25(40(67)68)17-30(57)23-8-5-22(6-9-23)7-11-26-21-51-37-36(52-26)39(66)56-44(49)55-37/h5-6,8-9,21,24-25,27-29,46H,3-4,7,10-20H2,1-2H3,(H,53,60)(H,54,65)(H,61,62)(H,63,64)(H,67,68)(H,69,70)(H4,47,48,50)(H3,49,51,55,56,66)/q-1/i46D. The number of nitrogens with one attached hydrogen (secondary N) is 3. The number of aryl methyl sites for hydroxylation is 2. The molecule has 74 heavy (non-hydrogen) atoms. The molecule has 3 aromatic rings. The van der Waals surface area contributed by atoms with Gasteiger partial charge in [-0.3, -0.25) is 48.3 Å². The van der Waals surface area contributed by atoms with Crippen LogP contribution in [0.4, 0.5) is 10.7 Å². The monoisotopic (exact) mass is 1190 g/mol. The normalized spacial score (nSPS) is 13.5. The van der Waals surface area contributed by atoms with E-state index in [1.54, 1.807) is 12.1 Å². The Kier molecular flexibility index (Phi) is 24.1. The Morgan fingerprint density at radius 2 is 1.50 bits per heavy atom. The number of halogens is 1. The number of aliphatic carboxylic acids is 4. The van der Waals surface area contributed by atoms with Crippen LogP contribution < -0.4 is 55.8 Å². The molecule has 3 rings (SSSR count). The Bertz CT molecular complexity index is 2680. The maximum absolute atomic E-state index is 13.9. The molecule has 13 N–H and O–H groups in total. The van der Waals surface area contributed by atoms with Crippen molar-refractivity contribution in [2.24, 2.45) is 34.2 Å². The van der Waals surface area contributed by atoms with E-state index in [0.717, 1.165) is 27.2 Å². The quantitative estimate of drug-likeness (QED) is 0.00575. The number of nitrogen functional groups attached to an aromatic ring is 1. The first-order chi connectivity index (χ1) is 35.3.